The lowest BCUT2D eigenvalue weighted by Crippen LogP contribution is -2.34. The van der Waals surface area contributed by atoms with E-state index in [1.165, 1.54) is 18.4 Å². The lowest BCUT2D eigenvalue weighted by atomic mass is 9.99. The molecule has 1 atom stereocenters. The molecule has 3 N–H and O–H groups in total. The van der Waals surface area contributed by atoms with Crippen LogP contribution < -0.4 is 25.8 Å². The van der Waals surface area contributed by atoms with Gasteiger partial charge in [0.15, 0.2) is 0 Å². The second-order valence-corrected chi connectivity index (χ2v) is 8.56. The van der Waals surface area contributed by atoms with Crippen LogP contribution in [0.15, 0.2) is 36.4 Å². The number of rotatable bonds is 7. The molecule has 3 fully saturated rings. The van der Waals surface area contributed by atoms with Crippen molar-refractivity contribution in [1.29, 1.82) is 0 Å². The molecule has 2 aromatic rings. The van der Waals surface area contributed by atoms with Gasteiger partial charge in [0.1, 0.15) is 17.6 Å². The van der Waals surface area contributed by atoms with Gasteiger partial charge < -0.3 is 10.1 Å². The Morgan fingerprint density at radius 3 is 2.77 bits per heavy atom. The molecule has 0 radical (unpaired) electrons. The Bertz CT molecular complexity index is 924. The Hall–Kier alpha value is -2.64. The number of pyridine rings is 1. The van der Waals surface area contributed by atoms with Crippen molar-refractivity contribution in [1.82, 2.24) is 15.8 Å². The lowest BCUT2D eigenvalue weighted by Gasteiger charge is -2.19. The summed E-state index contributed by atoms with van der Waals surface area (Å²) in [6.07, 6.45) is 3.30. The van der Waals surface area contributed by atoms with Gasteiger partial charge >= 0.3 is 0 Å². The molecule has 158 valence electrons. The molecule has 3 heterocycles. The number of anilines is 2. The SMILES string of the molecule is Cc1nc(N2CCC(Nc3cccc(OCC4CC4)c3)C2=O)ccc1C1CNNC1. The van der Waals surface area contributed by atoms with E-state index in [1.54, 1.807) is 4.90 Å². The normalized spacial score (nSPS) is 22.0. The van der Waals surface area contributed by atoms with E-state index in [-0.39, 0.29) is 11.9 Å². The summed E-state index contributed by atoms with van der Waals surface area (Å²) in [5, 5.41) is 3.39. The maximum Gasteiger partial charge on any atom is 0.250 e. The third kappa shape index (κ3) is 4.13. The van der Waals surface area contributed by atoms with E-state index < -0.39 is 0 Å². The average molecular weight is 408 g/mol. The van der Waals surface area contributed by atoms with Crippen LogP contribution in [0, 0.1) is 12.8 Å². The van der Waals surface area contributed by atoms with Crippen LogP contribution in [0.4, 0.5) is 11.5 Å². The zero-order chi connectivity index (χ0) is 20.5. The van der Waals surface area contributed by atoms with Crippen molar-refractivity contribution in [3.8, 4) is 5.75 Å². The second-order valence-electron chi connectivity index (χ2n) is 8.56. The minimum Gasteiger partial charge on any atom is -0.493 e. The van der Waals surface area contributed by atoms with Crippen LogP contribution in [-0.4, -0.2) is 43.2 Å². The number of hydrogen-bond acceptors (Lipinski definition) is 6. The summed E-state index contributed by atoms with van der Waals surface area (Å²) in [6, 6.07) is 11.8. The molecule has 1 unspecified atom stereocenters. The van der Waals surface area contributed by atoms with Crippen LogP contribution in [-0.2, 0) is 4.79 Å². The molecular weight excluding hydrogens is 378 g/mol. The van der Waals surface area contributed by atoms with Crippen LogP contribution in [0.1, 0.15) is 36.4 Å². The van der Waals surface area contributed by atoms with E-state index in [2.05, 4.69) is 22.2 Å². The minimum absolute atomic E-state index is 0.0724. The van der Waals surface area contributed by atoms with Crippen LogP contribution in [0.2, 0.25) is 0 Å². The van der Waals surface area contributed by atoms with E-state index in [4.69, 9.17) is 9.72 Å². The number of hydrazine groups is 1. The quantitative estimate of drug-likeness (QED) is 0.655. The molecular formula is C23H29N5O2. The maximum atomic E-state index is 13.0. The second kappa shape index (κ2) is 8.24. The largest absolute Gasteiger partial charge is 0.493 e. The Morgan fingerprint density at radius 1 is 1.17 bits per heavy atom. The zero-order valence-electron chi connectivity index (χ0n) is 17.4. The van der Waals surface area contributed by atoms with Crippen LogP contribution >= 0.6 is 0 Å². The van der Waals surface area contributed by atoms with Gasteiger partial charge in [-0.3, -0.25) is 20.5 Å². The minimum atomic E-state index is -0.242. The van der Waals surface area contributed by atoms with E-state index in [1.807, 2.05) is 37.3 Å². The first kappa shape index (κ1) is 19.3. The van der Waals surface area contributed by atoms with Crippen LogP contribution in [0.25, 0.3) is 0 Å². The van der Waals surface area contributed by atoms with Crippen molar-refractivity contribution in [2.45, 2.75) is 38.1 Å². The third-order valence-corrected chi connectivity index (χ3v) is 6.21. The summed E-state index contributed by atoms with van der Waals surface area (Å²) >= 11 is 0. The van der Waals surface area contributed by atoms with Gasteiger partial charge in [-0.05, 0) is 55.9 Å². The van der Waals surface area contributed by atoms with Gasteiger partial charge in [-0.1, -0.05) is 12.1 Å². The smallest absolute Gasteiger partial charge is 0.250 e. The molecule has 2 aliphatic heterocycles. The number of amides is 1. The number of carbonyl (C=O) groups is 1. The number of benzene rings is 1. The number of carbonyl (C=O) groups excluding carboxylic acids is 1. The molecule has 1 amide bonds. The number of hydrogen-bond donors (Lipinski definition) is 3. The summed E-state index contributed by atoms with van der Waals surface area (Å²) in [5.74, 6) is 2.81. The van der Waals surface area contributed by atoms with E-state index in [0.29, 0.717) is 12.5 Å². The van der Waals surface area contributed by atoms with Gasteiger partial charge in [0, 0.05) is 43.0 Å². The molecule has 0 bridgehead atoms. The third-order valence-electron chi connectivity index (χ3n) is 6.21. The fourth-order valence-electron chi connectivity index (χ4n) is 4.24. The molecule has 1 aromatic heterocycles. The number of aryl methyl sites for hydroxylation is 1. The first-order valence-electron chi connectivity index (χ1n) is 10.9. The Morgan fingerprint density at radius 2 is 2.00 bits per heavy atom. The Labute approximate surface area is 177 Å². The summed E-state index contributed by atoms with van der Waals surface area (Å²) < 4.78 is 5.86. The molecule has 3 aliphatic rings. The predicted octanol–water partition coefficient (Wildman–Crippen LogP) is 2.59. The van der Waals surface area contributed by atoms with E-state index in [0.717, 1.165) is 55.0 Å². The van der Waals surface area contributed by atoms with Crippen LogP contribution in [0.5, 0.6) is 5.75 Å². The van der Waals surface area contributed by atoms with Gasteiger partial charge in [0.25, 0.3) is 5.91 Å². The molecule has 0 spiro atoms. The number of nitrogens with zero attached hydrogens (tertiary/aromatic N) is 2. The monoisotopic (exact) mass is 407 g/mol. The highest BCUT2D eigenvalue weighted by Crippen LogP contribution is 2.30. The van der Waals surface area contributed by atoms with Crippen molar-refractivity contribution in [2.24, 2.45) is 5.92 Å². The van der Waals surface area contributed by atoms with Crippen molar-refractivity contribution < 1.29 is 9.53 Å². The van der Waals surface area contributed by atoms with Gasteiger partial charge in [-0.2, -0.15) is 0 Å². The first-order chi connectivity index (χ1) is 14.7. The van der Waals surface area contributed by atoms with Gasteiger partial charge in [-0.15, -0.1) is 0 Å². The summed E-state index contributed by atoms with van der Waals surface area (Å²) in [6.45, 7) is 5.29. The fraction of sp³-hybridized carbons (Fsp3) is 0.478. The highest BCUT2D eigenvalue weighted by molar-refractivity contribution is 6.00. The first-order valence-corrected chi connectivity index (χ1v) is 10.9. The highest BCUT2D eigenvalue weighted by Gasteiger charge is 2.33. The zero-order valence-corrected chi connectivity index (χ0v) is 17.4. The highest BCUT2D eigenvalue weighted by atomic mass is 16.5. The molecule has 1 aliphatic carbocycles. The Kier molecular flexibility index (Phi) is 5.31. The molecule has 1 saturated carbocycles. The molecule has 1 aromatic carbocycles. The topological polar surface area (TPSA) is 78.5 Å². The van der Waals surface area contributed by atoms with Gasteiger partial charge in [-0.25, -0.2) is 4.98 Å². The summed E-state index contributed by atoms with van der Waals surface area (Å²) in [4.78, 5) is 19.6. The standard InChI is InChI=1S/C23H29N5O2/c1-15-20(17-12-24-25-13-17)7-8-22(26-15)28-10-9-21(23(28)29)27-18-3-2-4-19(11-18)30-14-16-5-6-16/h2-4,7-8,11,16-17,21,24-25,27H,5-6,9-10,12-14H2,1H3. The van der Waals surface area contributed by atoms with Gasteiger partial charge in [0.2, 0.25) is 0 Å². The molecule has 2 saturated heterocycles. The summed E-state index contributed by atoms with van der Waals surface area (Å²) in [7, 11) is 0. The van der Waals surface area contributed by atoms with E-state index >= 15 is 0 Å². The number of aromatic nitrogens is 1. The maximum absolute atomic E-state index is 13.0. The number of nitrogens with one attached hydrogen (secondary N) is 3. The Balaban J connectivity index is 1.24. The van der Waals surface area contributed by atoms with Gasteiger partial charge in [0.05, 0.1) is 6.61 Å². The number of ether oxygens (including phenoxy) is 1. The molecule has 5 rings (SSSR count). The predicted molar refractivity (Wildman–Crippen MR) is 117 cm³/mol. The molecule has 7 heteroatoms. The van der Waals surface area contributed by atoms with Crippen molar-refractivity contribution >= 4 is 17.4 Å². The van der Waals surface area contributed by atoms with Crippen LogP contribution in [0.3, 0.4) is 0 Å². The summed E-state index contributed by atoms with van der Waals surface area (Å²) in [5.41, 5.74) is 9.48. The van der Waals surface area contributed by atoms with Crippen molar-refractivity contribution in [3.63, 3.8) is 0 Å². The lowest BCUT2D eigenvalue weighted by molar-refractivity contribution is -0.117. The fourth-order valence-corrected chi connectivity index (χ4v) is 4.24. The molecule has 30 heavy (non-hydrogen) atoms. The van der Waals surface area contributed by atoms with Crippen molar-refractivity contribution in [3.05, 3.63) is 47.7 Å². The van der Waals surface area contributed by atoms with Crippen molar-refractivity contribution in [2.75, 3.05) is 36.5 Å². The van der Waals surface area contributed by atoms with E-state index in [9.17, 15) is 4.79 Å². The average Bonchev–Trinajstić information content (AvgIpc) is 3.29. The molecule has 7 nitrogen and oxygen atoms in total.